The quantitative estimate of drug-likeness (QED) is 0.618. The molecule has 2 heteroatoms. The molecule has 0 fully saturated rings. The first kappa shape index (κ1) is 9.75. The number of hydrogen-bond donors (Lipinski definition) is 0. The van der Waals surface area contributed by atoms with Crippen LogP contribution in [0.4, 0.5) is 0 Å². The first-order valence-electron chi connectivity index (χ1n) is 5.53. The van der Waals surface area contributed by atoms with Gasteiger partial charge in [0.25, 0.3) is 0 Å². The first-order chi connectivity index (χ1) is 6.48. The molecule has 1 unspecified atom stereocenters. The molecule has 14 heavy (non-hydrogen) atoms. The van der Waals surface area contributed by atoms with Crippen molar-refractivity contribution in [2.45, 2.75) is 52.5 Å². The highest BCUT2D eigenvalue weighted by atomic mass is 15.1. The molecule has 0 amide bonds. The normalized spacial score (nSPS) is 22.1. The predicted molar refractivity (Wildman–Crippen MR) is 58.4 cm³/mol. The van der Waals surface area contributed by atoms with Crippen LogP contribution in [-0.4, -0.2) is 9.55 Å². The average molecular weight is 192 g/mol. The van der Waals surface area contributed by atoms with E-state index < -0.39 is 0 Å². The Labute approximate surface area is 86.3 Å². The SMILES string of the molecule is CC1CCn2c(C(C)(C)C)cnc2C1. The Morgan fingerprint density at radius 3 is 2.79 bits per heavy atom. The fraction of sp³-hybridized carbons (Fsp3) is 0.750. The molecule has 2 rings (SSSR count). The van der Waals surface area contributed by atoms with Crippen molar-refractivity contribution in [2.24, 2.45) is 5.92 Å². The molecule has 1 aromatic rings. The second-order valence-corrected chi connectivity index (χ2v) is 5.56. The lowest BCUT2D eigenvalue weighted by Crippen LogP contribution is -2.24. The summed E-state index contributed by atoms with van der Waals surface area (Å²) in [6, 6.07) is 0. The Morgan fingerprint density at radius 1 is 1.43 bits per heavy atom. The van der Waals surface area contributed by atoms with E-state index in [0.29, 0.717) is 0 Å². The van der Waals surface area contributed by atoms with Gasteiger partial charge in [0.15, 0.2) is 0 Å². The van der Waals surface area contributed by atoms with Gasteiger partial charge in [0.05, 0.1) is 0 Å². The third-order valence-electron chi connectivity index (χ3n) is 3.08. The van der Waals surface area contributed by atoms with Gasteiger partial charge in [-0.05, 0) is 12.3 Å². The Balaban J connectivity index is 2.38. The average Bonchev–Trinajstić information content (AvgIpc) is 2.45. The zero-order chi connectivity index (χ0) is 10.3. The maximum absolute atomic E-state index is 4.54. The van der Waals surface area contributed by atoms with E-state index in [4.69, 9.17) is 0 Å². The molecule has 0 N–H and O–H groups in total. The molecule has 0 bridgehead atoms. The third-order valence-corrected chi connectivity index (χ3v) is 3.08. The molecule has 0 aliphatic carbocycles. The van der Waals surface area contributed by atoms with Crippen molar-refractivity contribution >= 4 is 0 Å². The maximum atomic E-state index is 4.54. The molecule has 0 saturated carbocycles. The molecule has 0 spiro atoms. The number of imidazole rings is 1. The molecule has 0 saturated heterocycles. The van der Waals surface area contributed by atoms with E-state index in [1.165, 1.54) is 17.9 Å². The van der Waals surface area contributed by atoms with Crippen molar-refractivity contribution in [3.8, 4) is 0 Å². The van der Waals surface area contributed by atoms with E-state index in [1.807, 2.05) is 0 Å². The van der Waals surface area contributed by atoms with Gasteiger partial charge in [-0.3, -0.25) is 0 Å². The number of rotatable bonds is 0. The molecule has 0 aromatic carbocycles. The van der Waals surface area contributed by atoms with Gasteiger partial charge in [-0.25, -0.2) is 4.98 Å². The molecular weight excluding hydrogens is 172 g/mol. The monoisotopic (exact) mass is 192 g/mol. The molecule has 1 aromatic heterocycles. The molecule has 2 heterocycles. The van der Waals surface area contributed by atoms with Crippen molar-refractivity contribution < 1.29 is 0 Å². The summed E-state index contributed by atoms with van der Waals surface area (Å²) < 4.78 is 2.42. The standard InChI is InChI=1S/C12H20N2/c1-9-5-6-14-10(12(2,3)4)8-13-11(14)7-9/h8-9H,5-7H2,1-4H3. The van der Waals surface area contributed by atoms with Gasteiger partial charge < -0.3 is 4.57 Å². The fourth-order valence-corrected chi connectivity index (χ4v) is 2.19. The topological polar surface area (TPSA) is 17.8 Å². The van der Waals surface area contributed by atoms with Crippen LogP contribution in [0.1, 0.15) is 45.6 Å². The van der Waals surface area contributed by atoms with Crippen molar-refractivity contribution in [3.63, 3.8) is 0 Å². The van der Waals surface area contributed by atoms with Gasteiger partial charge in [-0.2, -0.15) is 0 Å². The number of fused-ring (bicyclic) bond motifs is 1. The second kappa shape index (κ2) is 3.11. The summed E-state index contributed by atoms with van der Waals surface area (Å²) in [5.41, 5.74) is 1.62. The van der Waals surface area contributed by atoms with Crippen LogP contribution >= 0.6 is 0 Å². The van der Waals surface area contributed by atoms with E-state index in [-0.39, 0.29) is 5.41 Å². The lowest BCUT2D eigenvalue weighted by molar-refractivity contribution is 0.386. The molecule has 1 aliphatic rings. The van der Waals surface area contributed by atoms with Crippen molar-refractivity contribution in [2.75, 3.05) is 0 Å². The van der Waals surface area contributed by atoms with Gasteiger partial charge in [-0.1, -0.05) is 27.7 Å². The number of aromatic nitrogens is 2. The number of hydrogen-bond acceptors (Lipinski definition) is 1. The highest BCUT2D eigenvalue weighted by Gasteiger charge is 2.24. The van der Waals surface area contributed by atoms with Crippen LogP contribution in [0.15, 0.2) is 6.20 Å². The molecular formula is C12H20N2. The summed E-state index contributed by atoms with van der Waals surface area (Å²) in [4.78, 5) is 4.54. The minimum atomic E-state index is 0.228. The summed E-state index contributed by atoms with van der Waals surface area (Å²) in [5.74, 6) is 2.09. The Kier molecular flexibility index (Phi) is 2.17. The van der Waals surface area contributed by atoms with Crippen molar-refractivity contribution in [3.05, 3.63) is 17.7 Å². The zero-order valence-electron chi connectivity index (χ0n) is 9.67. The van der Waals surface area contributed by atoms with E-state index in [1.54, 1.807) is 0 Å². The van der Waals surface area contributed by atoms with Crippen LogP contribution in [0.5, 0.6) is 0 Å². The Bertz CT molecular complexity index is 331. The van der Waals surface area contributed by atoms with E-state index in [2.05, 4.69) is 43.4 Å². The van der Waals surface area contributed by atoms with E-state index >= 15 is 0 Å². The summed E-state index contributed by atoms with van der Waals surface area (Å²) in [6.07, 6.45) is 4.51. The molecule has 1 atom stereocenters. The van der Waals surface area contributed by atoms with Crippen LogP contribution in [0.3, 0.4) is 0 Å². The first-order valence-corrected chi connectivity index (χ1v) is 5.53. The second-order valence-electron chi connectivity index (χ2n) is 5.56. The zero-order valence-corrected chi connectivity index (χ0v) is 9.67. The summed E-state index contributed by atoms with van der Waals surface area (Å²) in [7, 11) is 0. The smallest absolute Gasteiger partial charge is 0.109 e. The van der Waals surface area contributed by atoms with Gasteiger partial charge in [-0.15, -0.1) is 0 Å². The van der Waals surface area contributed by atoms with E-state index in [9.17, 15) is 0 Å². The Hall–Kier alpha value is -0.790. The Morgan fingerprint density at radius 2 is 2.14 bits per heavy atom. The lowest BCUT2D eigenvalue weighted by Gasteiger charge is -2.26. The van der Waals surface area contributed by atoms with Crippen molar-refractivity contribution in [1.29, 1.82) is 0 Å². The predicted octanol–water partition coefficient (Wildman–Crippen LogP) is 2.76. The summed E-state index contributed by atoms with van der Waals surface area (Å²) >= 11 is 0. The maximum Gasteiger partial charge on any atom is 0.109 e. The molecule has 78 valence electrons. The van der Waals surface area contributed by atoms with Gasteiger partial charge in [0.1, 0.15) is 5.82 Å². The van der Waals surface area contributed by atoms with Crippen LogP contribution < -0.4 is 0 Å². The summed E-state index contributed by atoms with van der Waals surface area (Å²) in [6.45, 7) is 10.2. The van der Waals surface area contributed by atoms with Crippen molar-refractivity contribution in [1.82, 2.24) is 9.55 Å². The fourth-order valence-electron chi connectivity index (χ4n) is 2.19. The number of nitrogens with zero attached hydrogens (tertiary/aromatic N) is 2. The highest BCUT2D eigenvalue weighted by Crippen LogP contribution is 2.28. The minimum Gasteiger partial charge on any atom is -0.332 e. The van der Waals surface area contributed by atoms with Gasteiger partial charge >= 0.3 is 0 Å². The largest absolute Gasteiger partial charge is 0.332 e. The van der Waals surface area contributed by atoms with Crippen LogP contribution in [-0.2, 0) is 18.4 Å². The third kappa shape index (κ3) is 1.58. The molecule has 1 aliphatic heterocycles. The van der Waals surface area contributed by atoms with Crippen LogP contribution in [0.2, 0.25) is 0 Å². The summed E-state index contributed by atoms with van der Waals surface area (Å²) in [5, 5.41) is 0. The minimum absolute atomic E-state index is 0.228. The lowest BCUT2D eigenvalue weighted by atomic mass is 9.91. The van der Waals surface area contributed by atoms with Crippen LogP contribution in [0.25, 0.3) is 0 Å². The highest BCUT2D eigenvalue weighted by molar-refractivity contribution is 5.16. The molecule has 2 nitrogen and oxygen atoms in total. The van der Waals surface area contributed by atoms with Gasteiger partial charge in [0, 0.05) is 30.3 Å². The van der Waals surface area contributed by atoms with Crippen LogP contribution in [0, 0.1) is 5.92 Å². The van der Waals surface area contributed by atoms with E-state index in [0.717, 1.165) is 18.9 Å². The van der Waals surface area contributed by atoms with Gasteiger partial charge in [0.2, 0.25) is 0 Å². The molecule has 0 radical (unpaired) electrons.